The third-order valence-corrected chi connectivity index (χ3v) is 3.26. The SMILES string of the molecule is Cc1ccn2c(=O)cc(COc3ccccc3C#N)nc2c1. The van der Waals surface area contributed by atoms with E-state index in [0.717, 1.165) is 5.56 Å². The van der Waals surface area contributed by atoms with Crippen molar-refractivity contribution in [3.05, 3.63) is 75.8 Å². The minimum Gasteiger partial charge on any atom is -0.486 e. The highest BCUT2D eigenvalue weighted by atomic mass is 16.5. The fraction of sp³-hybridized carbons (Fsp3) is 0.118. The minimum absolute atomic E-state index is 0.137. The van der Waals surface area contributed by atoms with Crippen LogP contribution in [-0.2, 0) is 6.61 Å². The zero-order valence-corrected chi connectivity index (χ0v) is 12.0. The quantitative estimate of drug-likeness (QED) is 0.743. The first-order valence-corrected chi connectivity index (χ1v) is 6.78. The summed E-state index contributed by atoms with van der Waals surface area (Å²) in [7, 11) is 0. The molecule has 0 aliphatic carbocycles. The van der Waals surface area contributed by atoms with Gasteiger partial charge in [0.25, 0.3) is 5.56 Å². The summed E-state index contributed by atoms with van der Waals surface area (Å²) in [6, 6.07) is 14.2. The van der Waals surface area contributed by atoms with Crippen LogP contribution in [0.25, 0.3) is 5.65 Å². The van der Waals surface area contributed by atoms with Gasteiger partial charge in [-0.1, -0.05) is 12.1 Å². The van der Waals surface area contributed by atoms with Crippen molar-refractivity contribution in [1.82, 2.24) is 9.38 Å². The topological polar surface area (TPSA) is 67.4 Å². The van der Waals surface area contributed by atoms with E-state index in [0.29, 0.717) is 22.7 Å². The molecule has 0 saturated carbocycles. The maximum absolute atomic E-state index is 12.1. The average molecular weight is 291 g/mol. The van der Waals surface area contributed by atoms with Crippen molar-refractivity contribution < 1.29 is 4.74 Å². The molecule has 22 heavy (non-hydrogen) atoms. The van der Waals surface area contributed by atoms with Crippen molar-refractivity contribution in [2.24, 2.45) is 0 Å². The fourth-order valence-electron chi connectivity index (χ4n) is 2.16. The molecule has 0 aliphatic rings. The first-order chi connectivity index (χ1) is 10.7. The number of aromatic nitrogens is 2. The van der Waals surface area contributed by atoms with E-state index >= 15 is 0 Å². The number of hydrogen-bond acceptors (Lipinski definition) is 4. The van der Waals surface area contributed by atoms with E-state index in [9.17, 15) is 4.79 Å². The Hall–Kier alpha value is -3.13. The molecule has 0 saturated heterocycles. The van der Waals surface area contributed by atoms with E-state index in [1.807, 2.05) is 19.1 Å². The highest BCUT2D eigenvalue weighted by Gasteiger charge is 2.06. The first-order valence-electron chi connectivity index (χ1n) is 6.78. The Balaban J connectivity index is 1.91. The maximum atomic E-state index is 12.1. The molecule has 0 atom stereocenters. The van der Waals surface area contributed by atoms with Gasteiger partial charge in [0.05, 0.1) is 11.3 Å². The molecule has 0 fully saturated rings. The zero-order chi connectivity index (χ0) is 15.5. The largest absolute Gasteiger partial charge is 0.486 e. The molecule has 5 nitrogen and oxygen atoms in total. The van der Waals surface area contributed by atoms with E-state index in [2.05, 4.69) is 11.1 Å². The van der Waals surface area contributed by atoms with Crippen molar-refractivity contribution >= 4 is 5.65 Å². The Bertz CT molecular complexity index is 939. The number of benzene rings is 1. The van der Waals surface area contributed by atoms with Gasteiger partial charge in [-0.25, -0.2) is 4.98 Å². The van der Waals surface area contributed by atoms with Crippen molar-refractivity contribution in [2.45, 2.75) is 13.5 Å². The van der Waals surface area contributed by atoms with Crippen LogP contribution in [0.15, 0.2) is 53.5 Å². The lowest BCUT2D eigenvalue weighted by atomic mass is 10.2. The third kappa shape index (κ3) is 2.67. The van der Waals surface area contributed by atoms with E-state index in [1.54, 1.807) is 30.5 Å². The summed E-state index contributed by atoms with van der Waals surface area (Å²) in [4.78, 5) is 16.5. The van der Waals surface area contributed by atoms with Crippen LogP contribution in [0.3, 0.4) is 0 Å². The van der Waals surface area contributed by atoms with Crippen molar-refractivity contribution in [2.75, 3.05) is 0 Å². The highest BCUT2D eigenvalue weighted by Crippen LogP contribution is 2.17. The lowest BCUT2D eigenvalue weighted by molar-refractivity contribution is 0.300. The average Bonchev–Trinajstić information content (AvgIpc) is 2.52. The van der Waals surface area contributed by atoms with Crippen molar-refractivity contribution in [3.8, 4) is 11.8 Å². The molecular weight excluding hydrogens is 278 g/mol. The van der Waals surface area contributed by atoms with Crippen LogP contribution in [0, 0.1) is 18.3 Å². The van der Waals surface area contributed by atoms with Crippen LogP contribution >= 0.6 is 0 Å². The van der Waals surface area contributed by atoms with Crippen molar-refractivity contribution in [1.29, 1.82) is 5.26 Å². The lowest BCUT2D eigenvalue weighted by Gasteiger charge is -2.08. The Kier molecular flexibility index (Phi) is 3.58. The monoisotopic (exact) mass is 291 g/mol. The number of hydrogen-bond donors (Lipinski definition) is 0. The minimum atomic E-state index is -0.155. The molecule has 0 spiro atoms. The summed E-state index contributed by atoms with van der Waals surface area (Å²) in [6.45, 7) is 2.08. The molecule has 1 aromatic carbocycles. The Morgan fingerprint density at radius 2 is 2.09 bits per heavy atom. The summed E-state index contributed by atoms with van der Waals surface area (Å²) in [5.74, 6) is 0.483. The molecule has 0 bridgehead atoms. The molecule has 0 unspecified atom stereocenters. The van der Waals surface area contributed by atoms with Gasteiger partial charge < -0.3 is 4.74 Å². The molecule has 0 N–H and O–H groups in total. The second-order valence-electron chi connectivity index (χ2n) is 4.91. The second kappa shape index (κ2) is 5.70. The van der Waals surface area contributed by atoms with Crippen LogP contribution in [0.4, 0.5) is 0 Å². The number of fused-ring (bicyclic) bond motifs is 1. The summed E-state index contributed by atoms with van der Waals surface area (Å²) < 4.78 is 7.10. The van der Waals surface area contributed by atoms with E-state index < -0.39 is 0 Å². The normalized spacial score (nSPS) is 10.4. The fourth-order valence-corrected chi connectivity index (χ4v) is 2.16. The van der Waals surface area contributed by atoms with Crippen LogP contribution in [-0.4, -0.2) is 9.38 Å². The van der Waals surface area contributed by atoms with Gasteiger partial charge in [-0.15, -0.1) is 0 Å². The predicted octanol–water partition coefficient (Wildman–Crippen LogP) is 2.45. The van der Waals surface area contributed by atoms with Crippen LogP contribution in [0.2, 0.25) is 0 Å². The van der Waals surface area contributed by atoms with E-state index in [4.69, 9.17) is 10.00 Å². The third-order valence-electron chi connectivity index (χ3n) is 3.26. The Morgan fingerprint density at radius 1 is 1.27 bits per heavy atom. The summed E-state index contributed by atoms with van der Waals surface area (Å²) in [5, 5.41) is 9.03. The van der Waals surface area contributed by atoms with Crippen LogP contribution in [0.1, 0.15) is 16.8 Å². The lowest BCUT2D eigenvalue weighted by Crippen LogP contribution is -2.16. The molecule has 2 heterocycles. The maximum Gasteiger partial charge on any atom is 0.258 e. The molecule has 3 rings (SSSR count). The van der Waals surface area contributed by atoms with Gasteiger partial charge in [0.2, 0.25) is 0 Å². The Labute approximate surface area is 127 Å². The van der Waals surface area contributed by atoms with Gasteiger partial charge in [0, 0.05) is 12.3 Å². The highest BCUT2D eigenvalue weighted by molar-refractivity contribution is 5.43. The summed E-state index contributed by atoms with van der Waals surface area (Å²) >= 11 is 0. The number of para-hydroxylation sites is 1. The first kappa shape index (κ1) is 13.8. The molecule has 2 aromatic heterocycles. The number of nitriles is 1. The molecule has 5 heteroatoms. The van der Waals surface area contributed by atoms with E-state index in [1.165, 1.54) is 10.5 Å². The second-order valence-corrected chi connectivity index (χ2v) is 4.91. The van der Waals surface area contributed by atoms with Gasteiger partial charge in [-0.3, -0.25) is 9.20 Å². The standard InChI is InChI=1S/C17H13N3O2/c1-12-6-7-20-16(8-12)19-14(9-17(20)21)11-22-15-5-3-2-4-13(15)10-18/h2-9H,11H2,1H3. The van der Waals surface area contributed by atoms with Gasteiger partial charge in [0.1, 0.15) is 24.1 Å². The van der Waals surface area contributed by atoms with Crippen LogP contribution < -0.4 is 10.3 Å². The molecule has 0 aliphatic heterocycles. The number of aryl methyl sites for hydroxylation is 1. The number of ether oxygens (including phenoxy) is 1. The predicted molar refractivity (Wildman–Crippen MR) is 81.7 cm³/mol. The van der Waals surface area contributed by atoms with Crippen molar-refractivity contribution in [3.63, 3.8) is 0 Å². The molecule has 108 valence electrons. The van der Waals surface area contributed by atoms with Gasteiger partial charge in [-0.2, -0.15) is 5.26 Å². The Morgan fingerprint density at radius 3 is 2.91 bits per heavy atom. The molecule has 3 aromatic rings. The van der Waals surface area contributed by atoms with E-state index in [-0.39, 0.29) is 12.2 Å². The molecule has 0 radical (unpaired) electrons. The van der Waals surface area contributed by atoms with Gasteiger partial charge >= 0.3 is 0 Å². The smallest absolute Gasteiger partial charge is 0.258 e. The number of rotatable bonds is 3. The summed E-state index contributed by atoms with van der Waals surface area (Å²) in [5.41, 5.74) is 2.44. The molecule has 0 amide bonds. The van der Waals surface area contributed by atoms with Gasteiger partial charge in [-0.05, 0) is 36.8 Å². The number of pyridine rings is 1. The summed E-state index contributed by atoms with van der Waals surface area (Å²) in [6.07, 6.45) is 1.70. The van der Waals surface area contributed by atoms with Gasteiger partial charge in [0.15, 0.2) is 0 Å². The number of nitrogens with zero attached hydrogens (tertiary/aromatic N) is 3. The zero-order valence-electron chi connectivity index (χ0n) is 12.0. The molecular formula is C17H13N3O2. The van der Waals surface area contributed by atoms with Crippen LogP contribution in [0.5, 0.6) is 5.75 Å².